The molecule has 2 aliphatic rings. The summed E-state index contributed by atoms with van der Waals surface area (Å²) in [5.41, 5.74) is 16.8. The number of hydrogen-bond donors (Lipinski definition) is 2. The first kappa shape index (κ1) is 30.9. The minimum Gasteiger partial charge on any atom is -0.322 e. The molecule has 4 aromatic carbocycles. The zero-order chi connectivity index (χ0) is 33.2. The Morgan fingerprint density at radius 1 is 0.837 bits per heavy atom. The van der Waals surface area contributed by atoms with E-state index in [0.29, 0.717) is 18.9 Å². The van der Waals surface area contributed by atoms with Gasteiger partial charge >= 0.3 is 0 Å². The predicted molar refractivity (Wildman–Crippen MR) is 199 cm³/mol. The first-order valence-corrected chi connectivity index (χ1v) is 17.1. The van der Waals surface area contributed by atoms with Gasteiger partial charge in [-0.3, -0.25) is 14.7 Å². The van der Waals surface area contributed by atoms with Gasteiger partial charge in [0, 0.05) is 36.2 Å². The molecule has 0 aliphatic heterocycles. The van der Waals surface area contributed by atoms with Crippen LogP contribution in [0.5, 0.6) is 0 Å². The number of rotatable bonds is 9. The van der Waals surface area contributed by atoms with E-state index in [-0.39, 0.29) is 18.4 Å². The number of pyridine rings is 2. The Morgan fingerprint density at radius 3 is 2.47 bits per heavy atom. The average Bonchev–Trinajstić information content (AvgIpc) is 3.16. The van der Waals surface area contributed by atoms with Crippen LogP contribution in [0.25, 0.3) is 27.2 Å². The molecule has 8 rings (SSSR count). The van der Waals surface area contributed by atoms with Crippen LogP contribution >= 0.6 is 0 Å². The standard InChI is InChI=1S/C43H39N5O/c44-25-42(49)48(28-30-14-12-29(13-15-30)26-45-27-35-9-5-6-22-46-35)43-40(24-34-8-2-4-11-41(34)47-43)33-17-19-37-32(23-33)18-21-38-36-10-3-1-7-31(36)16-20-39(37)38/h1-17,19-20,22,24,33,45H,18,21,23,25-28,44H2. The van der Waals surface area contributed by atoms with Crippen molar-refractivity contribution in [2.75, 3.05) is 11.4 Å². The van der Waals surface area contributed by atoms with E-state index < -0.39 is 0 Å². The van der Waals surface area contributed by atoms with Crippen LogP contribution in [-0.4, -0.2) is 22.4 Å². The number of carbonyl (C=O) groups is 1. The van der Waals surface area contributed by atoms with Gasteiger partial charge in [0.05, 0.1) is 24.3 Å². The van der Waals surface area contributed by atoms with E-state index in [2.05, 4.69) is 95.2 Å². The lowest BCUT2D eigenvalue weighted by atomic mass is 9.75. The number of nitrogens with one attached hydrogen (secondary N) is 1. The van der Waals surface area contributed by atoms with Crippen molar-refractivity contribution in [1.29, 1.82) is 0 Å². The molecule has 3 N–H and O–H groups in total. The fraction of sp³-hybridized carbons (Fsp3) is 0.186. The summed E-state index contributed by atoms with van der Waals surface area (Å²) in [5, 5.41) is 7.18. The maximum atomic E-state index is 13.6. The molecule has 0 fully saturated rings. The molecule has 0 saturated heterocycles. The largest absolute Gasteiger partial charge is 0.322 e. The van der Waals surface area contributed by atoms with Crippen molar-refractivity contribution >= 4 is 39.0 Å². The number of benzene rings is 4. The third-order valence-electron chi connectivity index (χ3n) is 9.94. The van der Waals surface area contributed by atoms with Crippen LogP contribution < -0.4 is 16.0 Å². The number of amides is 1. The second kappa shape index (κ2) is 13.6. The molecule has 6 aromatic rings. The van der Waals surface area contributed by atoms with E-state index in [0.717, 1.165) is 53.5 Å². The van der Waals surface area contributed by atoms with E-state index >= 15 is 0 Å². The van der Waals surface area contributed by atoms with Crippen LogP contribution in [0, 0.1) is 0 Å². The zero-order valence-corrected chi connectivity index (χ0v) is 27.5. The first-order valence-electron chi connectivity index (χ1n) is 17.1. The highest BCUT2D eigenvalue weighted by atomic mass is 16.2. The molecule has 2 heterocycles. The van der Waals surface area contributed by atoms with Gasteiger partial charge in [-0.05, 0) is 82.1 Å². The normalized spacial score (nSPS) is 15.3. The van der Waals surface area contributed by atoms with Crippen LogP contribution in [0.15, 0.2) is 133 Å². The van der Waals surface area contributed by atoms with E-state index in [4.69, 9.17) is 10.7 Å². The summed E-state index contributed by atoms with van der Waals surface area (Å²) in [6.45, 7) is 1.73. The summed E-state index contributed by atoms with van der Waals surface area (Å²) in [6, 6.07) is 38.0. The van der Waals surface area contributed by atoms with Crippen molar-refractivity contribution in [2.45, 2.75) is 44.8 Å². The highest BCUT2D eigenvalue weighted by Gasteiger charge is 2.29. The van der Waals surface area contributed by atoms with Crippen LogP contribution in [0.2, 0.25) is 0 Å². The number of carbonyl (C=O) groups excluding carboxylic acids is 1. The smallest absolute Gasteiger partial charge is 0.242 e. The lowest BCUT2D eigenvalue weighted by Crippen LogP contribution is -2.37. The molecular weight excluding hydrogens is 603 g/mol. The van der Waals surface area contributed by atoms with Gasteiger partial charge in [-0.25, -0.2) is 4.98 Å². The molecule has 242 valence electrons. The van der Waals surface area contributed by atoms with Crippen LogP contribution in [-0.2, 0) is 30.8 Å². The average molecular weight is 642 g/mol. The van der Waals surface area contributed by atoms with Crippen molar-refractivity contribution < 1.29 is 4.79 Å². The van der Waals surface area contributed by atoms with Crippen molar-refractivity contribution in [2.24, 2.45) is 5.73 Å². The molecule has 0 bridgehead atoms. The first-order chi connectivity index (χ1) is 24.1. The van der Waals surface area contributed by atoms with E-state index in [1.807, 2.05) is 42.6 Å². The van der Waals surface area contributed by atoms with Crippen LogP contribution in [0.1, 0.15) is 52.3 Å². The molecule has 2 aromatic heterocycles. The number of para-hydroxylation sites is 1. The topological polar surface area (TPSA) is 84.1 Å². The summed E-state index contributed by atoms with van der Waals surface area (Å²) in [4.78, 5) is 25.0. The lowest BCUT2D eigenvalue weighted by Gasteiger charge is -2.31. The van der Waals surface area contributed by atoms with Gasteiger partial charge in [0.2, 0.25) is 5.91 Å². The number of anilines is 1. The van der Waals surface area contributed by atoms with Crippen molar-refractivity contribution in [3.8, 4) is 0 Å². The molecule has 1 amide bonds. The van der Waals surface area contributed by atoms with Crippen LogP contribution in [0.3, 0.4) is 0 Å². The van der Waals surface area contributed by atoms with Crippen molar-refractivity contribution in [3.05, 3.63) is 167 Å². The Bertz CT molecular complexity index is 2220. The molecule has 49 heavy (non-hydrogen) atoms. The highest BCUT2D eigenvalue weighted by molar-refractivity contribution is 5.97. The molecular formula is C43H39N5O. The number of nitrogens with zero attached hydrogens (tertiary/aromatic N) is 3. The third kappa shape index (κ3) is 6.29. The second-order valence-electron chi connectivity index (χ2n) is 13.0. The Labute approximate surface area is 287 Å². The summed E-state index contributed by atoms with van der Waals surface area (Å²) in [5.74, 6) is 0.632. The number of nitrogens with two attached hydrogens (primary N) is 1. The second-order valence-corrected chi connectivity index (χ2v) is 13.0. The summed E-state index contributed by atoms with van der Waals surface area (Å²) >= 11 is 0. The Balaban J connectivity index is 1.09. The van der Waals surface area contributed by atoms with E-state index in [1.165, 1.54) is 38.6 Å². The van der Waals surface area contributed by atoms with E-state index in [9.17, 15) is 4.79 Å². The Morgan fingerprint density at radius 2 is 1.63 bits per heavy atom. The van der Waals surface area contributed by atoms with Crippen molar-refractivity contribution in [1.82, 2.24) is 15.3 Å². The minimum absolute atomic E-state index is 0.0912. The molecule has 1 unspecified atom stereocenters. The maximum absolute atomic E-state index is 13.6. The van der Waals surface area contributed by atoms with Gasteiger partial charge in [-0.1, -0.05) is 103 Å². The van der Waals surface area contributed by atoms with Crippen LogP contribution in [0.4, 0.5) is 5.82 Å². The monoisotopic (exact) mass is 641 g/mol. The number of allylic oxidation sites excluding steroid dienone is 4. The summed E-state index contributed by atoms with van der Waals surface area (Å²) in [6.07, 6.45) is 9.40. The number of aryl methyl sites for hydroxylation is 1. The summed E-state index contributed by atoms with van der Waals surface area (Å²) in [7, 11) is 0. The molecule has 0 radical (unpaired) electrons. The molecule has 1 atom stereocenters. The number of fused-ring (bicyclic) bond motifs is 5. The van der Waals surface area contributed by atoms with E-state index in [1.54, 1.807) is 4.90 Å². The fourth-order valence-electron chi connectivity index (χ4n) is 7.42. The van der Waals surface area contributed by atoms with Gasteiger partial charge in [-0.2, -0.15) is 0 Å². The molecule has 6 heteroatoms. The lowest BCUT2D eigenvalue weighted by molar-refractivity contribution is -0.117. The molecule has 6 nitrogen and oxygen atoms in total. The number of aromatic nitrogens is 2. The number of hydrogen-bond acceptors (Lipinski definition) is 5. The highest BCUT2D eigenvalue weighted by Crippen LogP contribution is 2.45. The van der Waals surface area contributed by atoms with Gasteiger partial charge < -0.3 is 11.1 Å². The molecule has 0 saturated carbocycles. The van der Waals surface area contributed by atoms with Gasteiger partial charge in [0.15, 0.2) is 0 Å². The fourth-order valence-corrected chi connectivity index (χ4v) is 7.42. The zero-order valence-electron chi connectivity index (χ0n) is 27.5. The SMILES string of the molecule is NCC(=O)N(Cc1ccc(CNCc2ccccn2)cc1)c1nc2ccccc2cc1C1C=CC2=C(CCc3c2ccc2ccccc32)C1. The predicted octanol–water partition coefficient (Wildman–Crippen LogP) is 8.01. The Hall–Kier alpha value is -5.43. The van der Waals surface area contributed by atoms with Gasteiger partial charge in [-0.15, -0.1) is 0 Å². The molecule has 2 aliphatic carbocycles. The van der Waals surface area contributed by atoms with Crippen molar-refractivity contribution in [3.63, 3.8) is 0 Å². The maximum Gasteiger partial charge on any atom is 0.242 e. The minimum atomic E-state index is -0.150. The van der Waals surface area contributed by atoms with Gasteiger partial charge in [0.1, 0.15) is 5.82 Å². The third-order valence-corrected chi connectivity index (χ3v) is 9.94. The van der Waals surface area contributed by atoms with Gasteiger partial charge in [0.25, 0.3) is 0 Å². The molecule has 0 spiro atoms. The summed E-state index contributed by atoms with van der Waals surface area (Å²) < 4.78 is 0. The Kier molecular flexibility index (Phi) is 8.56. The quantitative estimate of drug-likeness (QED) is 0.167.